The molecule has 0 saturated heterocycles. The van der Waals surface area contributed by atoms with Crippen LogP contribution in [0.3, 0.4) is 0 Å². The van der Waals surface area contributed by atoms with Gasteiger partial charge >= 0.3 is 0 Å². The summed E-state index contributed by atoms with van der Waals surface area (Å²) in [5.74, 6) is 3.37. The molecule has 1 spiro atoms. The number of fused-ring (bicyclic) bond motifs is 9. The number of anilines is 3. The zero-order valence-electron chi connectivity index (χ0n) is 32.6. The second-order valence-electron chi connectivity index (χ2n) is 18.5. The standard InChI is InChI=1S/C55H45NS/c1-54(2)45-18-6-4-16-44(45)52-47(54)20-11-21-49(52)56(50-22-10-17-43-42-15-5-8-23-51(42)57-53(43)50)39-13-9-12-35(31-39)36-24-25-41-40-14-3-7-19-46(40)55(48(41)32-36)37-27-33-26-34(29-37)30-38(55)28-33/h3-25,31-34,37-38H,26-30H2,1-2H3. The molecule has 57 heavy (non-hydrogen) atoms. The summed E-state index contributed by atoms with van der Waals surface area (Å²) in [5, 5.41) is 2.65. The SMILES string of the molecule is CC1(C)c2ccccc2-c2c(N(c3cccc(-c4ccc5c(c4)C4(c6ccccc6-5)C5CC6CC(C5)CC4C6)c3)c3cccc4c3sc3ccccc34)cccc21. The lowest BCUT2D eigenvalue weighted by molar-refractivity contribution is -0.0399. The van der Waals surface area contributed by atoms with Crippen molar-refractivity contribution in [1.29, 1.82) is 0 Å². The summed E-state index contributed by atoms with van der Waals surface area (Å²) in [6.07, 6.45) is 7.09. The van der Waals surface area contributed by atoms with E-state index in [1.54, 1.807) is 11.1 Å². The Morgan fingerprint density at radius 1 is 0.491 bits per heavy atom. The molecule has 1 aromatic heterocycles. The highest BCUT2D eigenvalue weighted by atomic mass is 32.1. The molecule has 1 nitrogen and oxygen atoms in total. The Bertz CT molecular complexity index is 2950. The van der Waals surface area contributed by atoms with Crippen LogP contribution in [0.2, 0.25) is 0 Å². The summed E-state index contributed by atoms with van der Waals surface area (Å²) in [6, 6.07) is 58.4. The van der Waals surface area contributed by atoms with Gasteiger partial charge in [0, 0.05) is 37.6 Å². The molecule has 4 fully saturated rings. The van der Waals surface area contributed by atoms with E-state index >= 15 is 0 Å². The van der Waals surface area contributed by atoms with Gasteiger partial charge in [-0.25, -0.2) is 0 Å². The molecule has 1 heterocycles. The Morgan fingerprint density at radius 3 is 1.96 bits per heavy atom. The van der Waals surface area contributed by atoms with Gasteiger partial charge in [0.2, 0.25) is 0 Å². The van der Waals surface area contributed by atoms with Gasteiger partial charge in [0.25, 0.3) is 0 Å². The molecule has 0 amide bonds. The summed E-state index contributed by atoms with van der Waals surface area (Å²) in [7, 11) is 0. The summed E-state index contributed by atoms with van der Waals surface area (Å²) in [5.41, 5.74) is 18.1. The molecular weight excluding hydrogens is 707 g/mol. The highest BCUT2D eigenvalue weighted by Gasteiger charge is 2.61. The van der Waals surface area contributed by atoms with Crippen LogP contribution in [0.15, 0.2) is 152 Å². The van der Waals surface area contributed by atoms with E-state index in [1.807, 2.05) is 11.3 Å². The third-order valence-corrected chi connectivity index (χ3v) is 16.7. The Labute approximate surface area is 339 Å². The van der Waals surface area contributed by atoms with Gasteiger partial charge in [-0.3, -0.25) is 0 Å². The van der Waals surface area contributed by atoms with Crippen molar-refractivity contribution in [2.45, 2.75) is 56.8 Å². The molecule has 7 aromatic carbocycles. The fourth-order valence-corrected chi connectivity index (χ4v) is 14.6. The molecule has 276 valence electrons. The van der Waals surface area contributed by atoms with Crippen molar-refractivity contribution in [2.75, 3.05) is 4.90 Å². The number of nitrogens with zero attached hydrogens (tertiary/aromatic N) is 1. The van der Waals surface area contributed by atoms with Crippen LogP contribution < -0.4 is 4.90 Å². The van der Waals surface area contributed by atoms with Crippen molar-refractivity contribution < 1.29 is 0 Å². The van der Waals surface area contributed by atoms with Crippen LogP contribution in [0.25, 0.3) is 53.6 Å². The van der Waals surface area contributed by atoms with E-state index in [0.29, 0.717) is 0 Å². The minimum Gasteiger partial charge on any atom is -0.308 e. The topological polar surface area (TPSA) is 3.24 Å². The van der Waals surface area contributed by atoms with E-state index in [4.69, 9.17) is 0 Å². The first kappa shape index (κ1) is 32.6. The molecule has 0 aliphatic heterocycles. The fraction of sp³-hybridized carbons (Fsp3) is 0.236. The third-order valence-electron chi connectivity index (χ3n) is 15.4. The van der Waals surface area contributed by atoms with Crippen LogP contribution in [0.5, 0.6) is 0 Å². The van der Waals surface area contributed by atoms with E-state index in [1.165, 1.54) is 114 Å². The second kappa shape index (κ2) is 11.6. The minimum atomic E-state index is -0.0883. The Kier molecular flexibility index (Phi) is 6.63. The van der Waals surface area contributed by atoms with Crippen molar-refractivity contribution in [2.24, 2.45) is 23.7 Å². The lowest BCUT2D eigenvalue weighted by Crippen LogP contribution is -2.55. The van der Waals surface area contributed by atoms with Crippen molar-refractivity contribution >= 4 is 48.6 Å². The van der Waals surface area contributed by atoms with Crippen LogP contribution in [0.4, 0.5) is 17.1 Å². The number of hydrogen-bond acceptors (Lipinski definition) is 2. The maximum Gasteiger partial charge on any atom is 0.0640 e. The molecule has 4 bridgehead atoms. The molecule has 4 saturated carbocycles. The van der Waals surface area contributed by atoms with E-state index in [0.717, 1.165) is 23.7 Å². The zero-order valence-corrected chi connectivity index (χ0v) is 33.5. The van der Waals surface area contributed by atoms with E-state index < -0.39 is 0 Å². The predicted octanol–water partition coefficient (Wildman–Crippen LogP) is 15.2. The van der Waals surface area contributed by atoms with Crippen LogP contribution in [0, 0.1) is 23.7 Å². The average Bonchev–Trinajstić information content (AvgIpc) is 3.85. The van der Waals surface area contributed by atoms with E-state index in [-0.39, 0.29) is 10.8 Å². The van der Waals surface area contributed by atoms with Gasteiger partial charge < -0.3 is 4.90 Å². The average molecular weight is 752 g/mol. The van der Waals surface area contributed by atoms with Gasteiger partial charge in [-0.15, -0.1) is 11.3 Å². The summed E-state index contributed by atoms with van der Waals surface area (Å²) in [4.78, 5) is 2.58. The quantitative estimate of drug-likeness (QED) is 0.173. The molecule has 8 aromatic rings. The van der Waals surface area contributed by atoms with Crippen LogP contribution in [-0.2, 0) is 10.8 Å². The highest BCUT2D eigenvalue weighted by molar-refractivity contribution is 7.26. The number of benzene rings is 7. The first-order valence-corrected chi connectivity index (χ1v) is 22.1. The van der Waals surface area contributed by atoms with Crippen LogP contribution in [0.1, 0.15) is 68.2 Å². The first-order chi connectivity index (χ1) is 28.0. The second-order valence-corrected chi connectivity index (χ2v) is 19.5. The molecule has 0 atom stereocenters. The third kappa shape index (κ3) is 4.30. The number of thiophene rings is 1. The van der Waals surface area contributed by atoms with Crippen molar-refractivity contribution in [3.05, 3.63) is 174 Å². The van der Waals surface area contributed by atoms with Gasteiger partial charge in [0.1, 0.15) is 0 Å². The van der Waals surface area contributed by atoms with Gasteiger partial charge in [-0.1, -0.05) is 129 Å². The fourth-order valence-electron chi connectivity index (χ4n) is 13.4. The maximum atomic E-state index is 2.65. The van der Waals surface area contributed by atoms with Crippen molar-refractivity contribution in [3.8, 4) is 33.4 Å². The molecule has 0 radical (unpaired) electrons. The molecule has 0 N–H and O–H groups in total. The lowest BCUT2D eigenvalue weighted by atomic mass is 9.43. The summed E-state index contributed by atoms with van der Waals surface area (Å²) in [6.45, 7) is 4.78. The Balaban J connectivity index is 1.02. The smallest absolute Gasteiger partial charge is 0.0640 e. The van der Waals surface area contributed by atoms with Crippen molar-refractivity contribution in [3.63, 3.8) is 0 Å². The van der Waals surface area contributed by atoms with Crippen LogP contribution in [-0.4, -0.2) is 0 Å². The molecule has 6 aliphatic rings. The molecule has 0 unspecified atom stereocenters. The maximum absolute atomic E-state index is 2.65. The normalized spacial score (nSPS) is 24.2. The number of rotatable bonds is 4. The largest absolute Gasteiger partial charge is 0.308 e. The van der Waals surface area contributed by atoms with Gasteiger partial charge in [-0.05, 0) is 142 Å². The summed E-state index contributed by atoms with van der Waals surface area (Å²) < 4.78 is 2.66. The zero-order chi connectivity index (χ0) is 37.6. The minimum absolute atomic E-state index is 0.0883. The Hall–Kier alpha value is -5.44. The predicted molar refractivity (Wildman–Crippen MR) is 240 cm³/mol. The van der Waals surface area contributed by atoms with Gasteiger partial charge in [-0.2, -0.15) is 0 Å². The molecule has 2 heteroatoms. The van der Waals surface area contributed by atoms with E-state index in [9.17, 15) is 0 Å². The van der Waals surface area contributed by atoms with E-state index in [2.05, 4.69) is 170 Å². The van der Waals surface area contributed by atoms with Gasteiger partial charge in [0.15, 0.2) is 0 Å². The first-order valence-electron chi connectivity index (χ1n) is 21.3. The van der Waals surface area contributed by atoms with Gasteiger partial charge in [0.05, 0.1) is 16.1 Å². The van der Waals surface area contributed by atoms with Crippen molar-refractivity contribution in [1.82, 2.24) is 0 Å². The summed E-state index contributed by atoms with van der Waals surface area (Å²) >= 11 is 1.91. The Morgan fingerprint density at radius 2 is 1.12 bits per heavy atom. The molecule has 14 rings (SSSR count). The molecular formula is C55H45NS. The highest BCUT2D eigenvalue weighted by Crippen LogP contribution is 2.69. The lowest BCUT2D eigenvalue weighted by Gasteiger charge is -2.61. The van der Waals surface area contributed by atoms with Crippen LogP contribution >= 0.6 is 11.3 Å². The molecule has 6 aliphatic carbocycles. The number of hydrogen-bond donors (Lipinski definition) is 0. The monoisotopic (exact) mass is 751 g/mol.